The summed E-state index contributed by atoms with van der Waals surface area (Å²) >= 11 is 0. The van der Waals surface area contributed by atoms with Crippen LogP contribution in [0.25, 0.3) is 12.2 Å². The summed E-state index contributed by atoms with van der Waals surface area (Å²) < 4.78 is 0. The Hall–Kier alpha value is -5.98. The van der Waals surface area contributed by atoms with Crippen LogP contribution in [-0.4, -0.2) is 80.2 Å². The molecule has 0 radical (unpaired) electrons. The number of aliphatic hydroxyl groups excluding tert-OH is 2. The fourth-order valence-electron chi connectivity index (χ4n) is 6.02. The third-order valence-corrected chi connectivity index (χ3v) is 9.11. The molecule has 4 amide bonds. The van der Waals surface area contributed by atoms with Gasteiger partial charge in [-0.3, -0.25) is 29.1 Å². The van der Waals surface area contributed by atoms with Crippen molar-refractivity contribution >= 4 is 35.8 Å². The fraction of sp³-hybridized carbons (Fsp3) is 0.318. The van der Waals surface area contributed by atoms with Crippen molar-refractivity contribution in [1.29, 1.82) is 0 Å². The molecule has 0 saturated heterocycles. The van der Waals surface area contributed by atoms with Gasteiger partial charge in [0.2, 0.25) is 23.6 Å². The van der Waals surface area contributed by atoms with Gasteiger partial charge in [-0.1, -0.05) is 100 Å². The predicted molar refractivity (Wildman–Crippen MR) is 216 cm³/mol. The molecule has 0 aliphatic rings. The lowest BCUT2D eigenvalue weighted by atomic mass is 9.90. The van der Waals surface area contributed by atoms with Crippen LogP contribution in [0.5, 0.6) is 0 Å². The Labute approximate surface area is 328 Å². The summed E-state index contributed by atoms with van der Waals surface area (Å²) in [5.41, 5.74) is 2.70. The summed E-state index contributed by atoms with van der Waals surface area (Å²) in [5, 5.41) is 35.1. The van der Waals surface area contributed by atoms with E-state index in [-0.39, 0.29) is 24.7 Å². The number of aliphatic hydroxyl groups is 2. The van der Waals surface area contributed by atoms with E-state index in [0.29, 0.717) is 11.4 Å². The number of carbonyl (C=O) groups is 4. The zero-order valence-electron chi connectivity index (χ0n) is 32.2. The molecule has 294 valence electrons. The number of hydrogen-bond donors (Lipinski definition) is 6. The van der Waals surface area contributed by atoms with Crippen LogP contribution in [-0.2, 0) is 32.0 Å². The first-order valence-electron chi connectivity index (χ1n) is 18.7. The van der Waals surface area contributed by atoms with Crippen molar-refractivity contribution < 1.29 is 29.4 Å². The third-order valence-electron chi connectivity index (χ3n) is 9.11. The fourth-order valence-corrected chi connectivity index (χ4v) is 6.02. The highest BCUT2D eigenvalue weighted by atomic mass is 16.3. The summed E-state index contributed by atoms with van der Waals surface area (Å²) in [6, 6.07) is 24.9. The zero-order valence-corrected chi connectivity index (χ0v) is 32.2. The van der Waals surface area contributed by atoms with E-state index < -0.39 is 60.0 Å². The van der Waals surface area contributed by atoms with Crippen molar-refractivity contribution in [3.8, 4) is 0 Å². The molecule has 0 unspecified atom stereocenters. The van der Waals surface area contributed by atoms with Gasteiger partial charge in [-0.25, -0.2) is 0 Å². The monoisotopic (exact) mass is 760 g/mol. The lowest BCUT2D eigenvalue weighted by Crippen LogP contribution is -2.61. The van der Waals surface area contributed by atoms with Gasteiger partial charge in [0, 0.05) is 24.5 Å². The number of amides is 4. The van der Waals surface area contributed by atoms with E-state index >= 15 is 0 Å². The van der Waals surface area contributed by atoms with Crippen LogP contribution in [0.4, 0.5) is 0 Å². The van der Waals surface area contributed by atoms with E-state index in [4.69, 9.17) is 0 Å². The molecule has 12 heteroatoms. The van der Waals surface area contributed by atoms with Crippen LogP contribution in [0.15, 0.2) is 122 Å². The van der Waals surface area contributed by atoms with Crippen molar-refractivity contribution in [3.05, 3.63) is 144 Å². The summed E-state index contributed by atoms with van der Waals surface area (Å²) in [6.45, 7) is 7.14. The van der Waals surface area contributed by atoms with E-state index in [2.05, 4.69) is 31.2 Å². The second-order valence-corrected chi connectivity index (χ2v) is 14.2. The van der Waals surface area contributed by atoms with Gasteiger partial charge >= 0.3 is 0 Å². The molecule has 0 bridgehead atoms. The maximum atomic E-state index is 13.9. The maximum Gasteiger partial charge on any atom is 0.244 e. The Kier molecular flexibility index (Phi) is 16.6. The van der Waals surface area contributed by atoms with Crippen LogP contribution < -0.4 is 21.3 Å². The standard InChI is InChI=1S/C44H52N6O6/c1-29(2)39(49-37(51)23-21-33-19-11-13-25-45-33)43(55)47-35(27-31-15-7-5-8-16-31)41(53)42(54)36(28-32-17-9-6-10-18-32)48-44(56)40(30(3)4)50-38(52)24-22-34-20-12-14-26-46-34/h5-26,29-30,35-36,39-42,53-54H,27-28H2,1-4H3,(H,47,55)(H,48,56)(H,49,51)(H,50,52)/t35-,36-,39-,40-,41+,42+/m0/s1. The van der Waals surface area contributed by atoms with Crippen LogP contribution in [0, 0.1) is 11.8 Å². The van der Waals surface area contributed by atoms with Crippen LogP contribution in [0.3, 0.4) is 0 Å². The second-order valence-electron chi connectivity index (χ2n) is 14.2. The second kappa shape index (κ2) is 21.8. The highest BCUT2D eigenvalue weighted by Crippen LogP contribution is 2.17. The van der Waals surface area contributed by atoms with Gasteiger partial charge in [-0.2, -0.15) is 0 Å². The van der Waals surface area contributed by atoms with Gasteiger partial charge < -0.3 is 31.5 Å². The normalized spacial score (nSPS) is 14.8. The Bertz CT molecular complexity index is 1750. The molecule has 0 aliphatic heterocycles. The number of nitrogens with zero attached hydrogens (tertiary/aromatic N) is 2. The van der Waals surface area contributed by atoms with E-state index in [1.165, 1.54) is 24.3 Å². The minimum atomic E-state index is -1.59. The number of carbonyl (C=O) groups excluding carboxylic acids is 4. The van der Waals surface area contributed by atoms with Crippen LogP contribution in [0.1, 0.15) is 50.2 Å². The smallest absolute Gasteiger partial charge is 0.244 e. The molecule has 0 saturated carbocycles. The lowest BCUT2D eigenvalue weighted by Gasteiger charge is -2.35. The largest absolute Gasteiger partial charge is 0.388 e. The van der Waals surface area contributed by atoms with E-state index in [1.54, 1.807) is 76.5 Å². The topological polar surface area (TPSA) is 183 Å². The molecule has 12 nitrogen and oxygen atoms in total. The molecular formula is C44H52N6O6. The average molecular weight is 761 g/mol. The summed E-state index contributed by atoms with van der Waals surface area (Å²) in [5.74, 6) is -2.81. The minimum Gasteiger partial charge on any atom is -0.388 e. The van der Waals surface area contributed by atoms with Crippen LogP contribution >= 0.6 is 0 Å². The molecule has 0 aliphatic carbocycles. The Balaban J connectivity index is 1.56. The summed E-state index contributed by atoms with van der Waals surface area (Å²) in [7, 11) is 0. The third kappa shape index (κ3) is 13.7. The average Bonchev–Trinajstić information content (AvgIpc) is 3.20. The summed E-state index contributed by atoms with van der Waals surface area (Å²) in [4.78, 5) is 62.0. The van der Waals surface area contributed by atoms with E-state index in [0.717, 1.165) is 11.1 Å². The van der Waals surface area contributed by atoms with Gasteiger partial charge in [0.1, 0.15) is 24.3 Å². The Morgan fingerprint density at radius 1 is 0.536 bits per heavy atom. The van der Waals surface area contributed by atoms with E-state index in [9.17, 15) is 29.4 Å². The predicted octanol–water partition coefficient (Wildman–Crippen LogP) is 3.66. The first-order valence-corrected chi connectivity index (χ1v) is 18.7. The highest BCUT2D eigenvalue weighted by Gasteiger charge is 2.37. The molecule has 2 heterocycles. The SMILES string of the molecule is CC(C)[C@H](NC(=O)C=Cc1ccccn1)C(=O)N[C@@H](Cc1ccccc1)[C@@H](O)[C@H](O)[C@H](Cc1ccccc1)NC(=O)[C@@H](NC(=O)C=Cc1ccccn1)C(C)C. The molecule has 0 fully saturated rings. The molecule has 56 heavy (non-hydrogen) atoms. The van der Waals surface area contributed by atoms with Crippen molar-refractivity contribution in [3.63, 3.8) is 0 Å². The number of benzene rings is 2. The van der Waals surface area contributed by atoms with Gasteiger partial charge in [0.05, 0.1) is 23.5 Å². The number of aromatic nitrogens is 2. The molecule has 2 aromatic heterocycles. The Morgan fingerprint density at radius 2 is 0.893 bits per heavy atom. The van der Waals surface area contributed by atoms with Gasteiger partial charge in [-0.05, 0) is 72.2 Å². The molecule has 2 aromatic carbocycles. The lowest BCUT2D eigenvalue weighted by molar-refractivity contribution is -0.131. The van der Waals surface area contributed by atoms with Crippen molar-refractivity contribution in [2.45, 2.75) is 76.9 Å². The van der Waals surface area contributed by atoms with Crippen molar-refractivity contribution in [2.24, 2.45) is 11.8 Å². The molecule has 4 rings (SSSR count). The quantitative estimate of drug-likeness (QED) is 0.0784. The van der Waals surface area contributed by atoms with Gasteiger partial charge in [-0.15, -0.1) is 0 Å². The molecule has 6 N–H and O–H groups in total. The van der Waals surface area contributed by atoms with Crippen LogP contribution in [0.2, 0.25) is 0 Å². The molecular weight excluding hydrogens is 709 g/mol. The first-order chi connectivity index (χ1) is 26.9. The highest BCUT2D eigenvalue weighted by molar-refractivity contribution is 5.96. The van der Waals surface area contributed by atoms with Crippen molar-refractivity contribution in [2.75, 3.05) is 0 Å². The number of pyridine rings is 2. The minimum absolute atomic E-state index is 0.127. The molecule has 4 aromatic rings. The molecule has 0 spiro atoms. The first kappa shape index (κ1) is 42.8. The zero-order chi connectivity index (χ0) is 40.5. The number of nitrogens with one attached hydrogen (secondary N) is 4. The summed E-state index contributed by atoms with van der Waals surface area (Å²) in [6.07, 6.45) is 5.96. The Morgan fingerprint density at radius 3 is 1.21 bits per heavy atom. The van der Waals surface area contributed by atoms with Gasteiger partial charge in [0.25, 0.3) is 0 Å². The maximum absolute atomic E-state index is 13.9. The van der Waals surface area contributed by atoms with Crippen molar-refractivity contribution in [1.82, 2.24) is 31.2 Å². The molecule has 6 atom stereocenters. The van der Waals surface area contributed by atoms with Gasteiger partial charge in [0.15, 0.2) is 0 Å². The number of rotatable bonds is 19. The number of hydrogen-bond acceptors (Lipinski definition) is 8. The van der Waals surface area contributed by atoms with E-state index in [1.807, 2.05) is 60.7 Å².